The van der Waals surface area contributed by atoms with E-state index in [1.54, 1.807) is 26.1 Å². The molecule has 0 aliphatic rings. The molecule has 2 aromatic heterocycles. The van der Waals surface area contributed by atoms with Gasteiger partial charge in [0, 0.05) is 22.7 Å². The number of hydrogen-bond acceptors (Lipinski definition) is 6. The number of amides is 1. The average molecular weight is 529 g/mol. The van der Waals surface area contributed by atoms with Crippen molar-refractivity contribution in [3.8, 4) is 0 Å². The quantitative estimate of drug-likeness (QED) is 0.270. The Labute approximate surface area is 184 Å². The van der Waals surface area contributed by atoms with Gasteiger partial charge >= 0.3 is 0 Å². The van der Waals surface area contributed by atoms with Gasteiger partial charge in [0.05, 0.1) is 28.9 Å². The van der Waals surface area contributed by atoms with Gasteiger partial charge in [-0.15, -0.1) is 0 Å². The summed E-state index contributed by atoms with van der Waals surface area (Å²) in [7, 11) is 1.57. The third-order valence-corrected chi connectivity index (χ3v) is 5.40. The molecule has 0 unspecified atom stereocenters. The fourth-order valence-corrected chi connectivity index (χ4v) is 3.85. The standard InChI is InChI=1S/C19H18ClIN4O4/c1-10-9-29-16-14(10)19(27)25(2)17(15(16)18(26)22-6-3-7-23-28)24-13-5-4-11(21)8-12(13)20/h4-5,8-9,24H,3,6-7H2,1-2H3,(H,22,26). The average Bonchev–Trinajstić information content (AvgIpc) is 3.06. The molecular formula is C19H18ClIN4O4. The second-order valence-corrected chi connectivity index (χ2v) is 8.07. The van der Waals surface area contributed by atoms with E-state index in [-0.39, 0.29) is 35.6 Å². The first-order valence-electron chi connectivity index (χ1n) is 8.75. The monoisotopic (exact) mass is 528 g/mol. The Hall–Kier alpha value is -2.40. The molecule has 2 heterocycles. The van der Waals surface area contributed by atoms with Crippen molar-refractivity contribution in [2.24, 2.45) is 12.2 Å². The predicted molar refractivity (Wildman–Crippen MR) is 121 cm³/mol. The lowest BCUT2D eigenvalue weighted by molar-refractivity contribution is 0.0954. The summed E-state index contributed by atoms with van der Waals surface area (Å²) in [6.07, 6.45) is 1.85. The molecular weight excluding hydrogens is 511 g/mol. The lowest BCUT2D eigenvalue weighted by Crippen LogP contribution is -2.30. The Balaban J connectivity index is 2.14. The Bertz CT molecular complexity index is 1160. The number of carbonyl (C=O) groups excluding carboxylic acids is 1. The maximum atomic E-state index is 13.0. The van der Waals surface area contributed by atoms with Gasteiger partial charge in [-0.25, -0.2) is 0 Å². The molecule has 0 saturated carbocycles. The first-order valence-corrected chi connectivity index (χ1v) is 10.2. The van der Waals surface area contributed by atoms with Gasteiger partial charge in [0.25, 0.3) is 11.5 Å². The predicted octanol–water partition coefficient (Wildman–Crippen LogP) is 4.33. The summed E-state index contributed by atoms with van der Waals surface area (Å²) in [4.78, 5) is 36.1. The van der Waals surface area contributed by atoms with Crippen LogP contribution in [0.25, 0.3) is 11.0 Å². The van der Waals surface area contributed by atoms with Crippen LogP contribution < -0.4 is 16.2 Å². The van der Waals surface area contributed by atoms with Crippen molar-refractivity contribution < 1.29 is 9.21 Å². The molecule has 3 rings (SSSR count). The highest BCUT2D eigenvalue weighted by molar-refractivity contribution is 14.1. The number of aryl methyl sites for hydroxylation is 1. The van der Waals surface area contributed by atoms with Gasteiger partial charge in [-0.2, -0.15) is 4.91 Å². The maximum absolute atomic E-state index is 13.0. The Morgan fingerprint density at radius 3 is 2.83 bits per heavy atom. The number of fused-ring (bicyclic) bond motifs is 1. The van der Waals surface area contributed by atoms with Crippen LogP contribution in [0.5, 0.6) is 0 Å². The van der Waals surface area contributed by atoms with Crippen LogP contribution in [-0.4, -0.2) is 23.6 Å². The zero-order valence-electron chi connectivity index (χ0n) is 15.7. The number of pyridine rings is 1. The molecule has 8 nitrogen and oxygen atoms in total. The van der Waals surface area contributed by atoms with Gasteiger partial charge in [0.15, 0.2) is 5.58 Å². The second kappa shape index (κ2) is 8.95. The molecule has 0 saturated heterocycles. The zero-order valence-corrected chi connectivity index (χ0v) is 18.6. The van der Waals surface area contributed by atoms with Crippen molar-refractivity contribution in [2.45, 2.75) is 13.3 Å². The second-order valence-electron chi connectivity index (χ2n) is 6.42. The molecule has 1 amide bonds. The minimum atomic E-state index is -0.435. The van der Waals surface area contributed by atoms with Gasteiger partial charge in [-0.05, 0) is 54.1 Å². The first-order chi connectivity index (χ1) is 13.8. The Morgan fingerprint density at radius 1 is 1.38 bits per heavy atom. The van der Waals surface area contributed by atoms with Crippen LogP contribution in [0.2, 0.25) is 5.02 Å². The Morgan fingerprint density at radius 2 is 2.14 bits per heavy atom. The number of anilines is 2. The maximum Gasteiger partial charge on any atom is 0.263 e. The largest absolute Gasteiger partial charge is 0.463 e. The number of benzene rings is 1. The highest BCUT2D eigenvalue weighted by Gasteiger charge is 2.25. The van der Waals surface area contributed by atoms with E-state index >= 15 is 0 Å². The molecule has 0 aliphatic carbocycles. The van der Waals surface area contributed by atoms with Crippen molar-refractivity contribution in [1.82, 2.24) is 9.88 Å². The molecule has 0 bridgehead atoms. The van der Waals surface area contributed by atoms with Crippen LogP contribution in [0.4, 0.5) is 11.5 Å². The van der Waals surface area contributed by atoms with E-state index in [2.05, 4.69) is 38.4 Å². The molecule has 0 spiro atoms. The van der Waals surface area contributed by atoms with Crippen molar-refractivity contribution in [3.63, 3.8) is 0 Å². The molecule has 1 aromatic carbocycles. The summed E-state index contributed by atoms with van der Waals surface area (Å²) in [5.74, 6) is -0.180. The summed E-state index contributed by atoms with van der Waals surface area (Å²) in [5, 5.41) is 9.41. The van der Waals surface area contributed by atoms with E-state index in [4.69, 9.17) is 16.0 Å². The van der Waals surface area contributed by atoms with E-state index < -0.39 is 5.91 Å². The van der Waals surface area contributed by atoms with Crippen LogP contribution in [0, 0.1) is 15.4 Å². The summed E-state index contributed by atoms with van der Waals surface area (Å²) in [6, 6.07) is 5.39. The third-order valence-electron chi connectivity index (χ3n) is 4.42. The fourth-order valence-electron chi connectivity index (χ4n) is 2.95. The minimum absolute atomic E-state index is 0.103. The van der Waals surface area contributed by atoms with Crippen LogP contribution >= 0.6 is 34.2 Å². The van der Waals surface area contributed by atoms with E-state index in [1.165, 1.54) is 10.8 Å². The molecule has 10 heteroatoms. The molecule has 152 valence electrons. The highest BCUT2D eigenvalue weighted by Crippen LogP contribution is 2.32. The number of halogens is 2. The Kier molecular flexibility index (Phi) is 6.58. The topological polar surface area (TPSA) is 106 Å². The number of furan rings is 1. The van der Waals surface area contributed by atoms with E-state index in [1.807, 2.05) is 6.07 Å². The van der Waals surface area contributed by atoms with Crippen molar-refractivity contribution in [3.05, 3.63) is 59.4 Å². The molecule has 3 aromatic rings. The number of rotatable bonds is 7. The molecule has 0 atom stereocenters. The normalized spacial score (nSPS) is 10.9. The third kappa shape index (κ3) is 4.30. The fraction of sp³-hybridized carbons (Fsp3) is 0.263. The highest BCUT2D eigenvalue weighted by atomic mass is 127. The number of aromatic nitrogens is 1. The van der Waals surface area contributed by atoms with Crippen molar-refractivity contribution >= 4 is 62.6 Å². The SMILES string of the molecule is Cc1coc2c(C(=O)NCCCN=O)c(Nc3ccc(I)cc3Cl)n(C)c(=O)c12. The van der Waals surface area contributed by atoms with Crippen molar-refractivity contribution in [1.29, 1.82) is 0 Å². The number of hydrogen-bond donors (Lipinski definition) is 2. The number of nitrogens with zero attached hydrogens (tertiary/aromatic N) is 2. The number of nitroso groups, excluding NO2 is 1. The number of nitrogens with one attached hydrogen (secondary N) is 2. The van der Waals surface area contributed by atoms with Crippen LogP contribution in [0.3, 0.4) is 0 Å². The smallest absolute Gasteiger partial charge is 0.263 e. The van der Waals surface area contributed by atoms with Crippen LogP contribution in [0.15, 0.2) is 38.9 Å². The first kappa shape index (κ1) is 21.3. The summed E-state index contributed by atoms with van der Waals surface area (Å²) < 4.78 is 7.89. The lowest BCUT2D eigenvalue weighted by Gasteiger charge is -2.17. The molecule has 0 fully saturated rings. The van der Waals surface area contributed by atoms with E-state index in [9.17, 15) is 14.5 Å². The molecule has 29 heavy (non-hydrogen) atoms. The summed E-state index contributed by atoms with van der Waals surface area (Å²) in [5.41, 5.74) is 1.27. The van der Waals surface area contributed by atoms with Gasteiger partial charge < -0.3 is 15.1 Å². The molecule has 0 radical (unpaired) electrons. The number of carbonyl (C=O) groups is 1. The van der Waals surface area contributed by atoms with Gasteiger partial charge in [-0.3, -0.25) is 14.2 Å². The molecule has 0 aliphatic heterocycles. The summed E-state index contributed by atoms with van der Waals surface area (Å²) in [6.45, 7) is 2.11. The van der Waals surface area contributed by atoms with Gasteiger partial charge in [-0.1, -0.05) is 16.8 Å². The van der Waals surface area contributed by atoms with Crippen LogP contribution in [0.1, 0.15) is 22.3 Å². The van der Waals surface area contributed by atoms with Gasteiger partial charge in [0.2, 0.25) is 0 Å². The van der Waals surface area contributed by atoms with E-state index in [0.29, 0.717) is 28.1 Å². The minimum Gasteiger partial charge on any atom is -0.463 e. The van der Waals surface area contributed by atoms with Crippen molar-refractivity contribution in [2.75, 3.05) is 18.4 Å². The zero-order chi connectivity index (χ0) is 21.1. The van der Waals surface area contributed by atoms with Crippen LogP contribution in [-0.2, 0) is 7.05 Å². The molecule has 2 N–H and O–H groups in total. The lowest BCUT2D eigenvalue weighted by atomic mass is 10.1. The van der Waals surface area contributed by atoms with E-state index in [0.717, 1.165) is 3.57 Å². The summed E-state index contributed by atoms with van der Waals surface area (Å²) >= 11 is 8.47. The van der Waals surface area contributed by atoms with Gasteiger partial charge in [0.1, 0.15) is 11.4 Å².